The normalized spacial score (nSPS) is 20.6. The van der Waals surface area contributed by atoms with Crippen LogP contribution in [0.1, 0.15) is 43.0 Å². The minimum atomic E-state index is -3.64. The minimum absolute atomic E-state index is 0.00210. The molecular formula is C18H26N2O5S. The molecule has 144 valence electrons. The van der Waals surface area contributed by atoms with Crippen LogP contribution in [-0.4, -0.2) is 51.3 Å². The third kappa shape index (κ3) is 5.28. The van der Waals surface area contributed by atoms with Gasteiger partial charge >= 0.3 is 5.97 Å². The Labute approximate surface area is 154 Å². The number of hydrogen-bond acceptors (Lipinski definition) is 5. The second-order valence-electron chi connectivity index (χ2n) is 6.92. The molecule has 7 nitrogen and oxygen atoms in total. The van der Waals surface area contributed by atoms with E-state index in [9.17, 15) is 18.0 Å². The van der Waals surface area contributed by atoms with Crippen LogP contribution in [0.5, 0.6) is 0 Å². The Morgan fingerprint density at radius 2 is 1.85 bits per heavy atom. The molecule has 1 amide bonds. The molecule has 0 unspecified atom stereocenters. The van der Waals surface area contributed by atoms with Crippen molar-refractivity contribution in [3.8, 4) is 0 Å². The van der Waals surface area contributed by atoms with E-state index in [0.29, 0.717) is 5.92 Å². The lowest BCUT2D eigenvalue weighted by atomic mass is 9.87. The van der Waals surface area contributed by atoms with Gasteiger partial charge in [-0.25, -0.2) is 17.5 Å². The highest BCUT2D eigenvalue weighted by molar-refractivity contribution is 7.89. The molecule has 8 heteroatoms. The van der Waals surface area contributed by atoms with E-state index in [4.69, 9.17) is 4.74 Å². The number of hydrogen-bond donors (Lipinski definition) is 1. The number of rotatable bonds is 6. The van der Waals surface area contributed by atoms with Gasteiger partial charge in [0.2, 0.25) is 10.0 Å². The van der Waals surface area contributed by atoms with Gasteiger partial charge < -0.3 is 10.1 Å². The van der Waals surface area contributed by atoms with E-state index in [1.165, 1.54) is 38.4 Å². The van der Waals surface area contributed by atoms with Crippen molar-refractivity contribution >= 4 is 21.9 Å². The summed E-state index contributed by atoms with van der Waals surface area (Å²) >= 11 is 0. The summed E-state index contributed by atoms with van der Waals surface area (Å²) in [6, 6.07) is 5.71. The monoisotopic (exact) mass is 382 g/mol. The average Bonchev–Trinajstić information content (AvgIpc) is 2.61. The first-order valence-corrected chi connectivity index (χ1v) is 10.1. The number of carbonyl (C=O) groups excluding carboxylic acids is 2. The van der Waals surface area contributed by atoms with Crippen molar-refractivity contribution in [2.24, 2.45) is 5.92 Å². The molecule has 0 atom stereocenters. The van der Waals surface area contributed by atoms with Crippen LogP contribution in [0.4, 0.5) is 0 Å². The Bertz CT molecular complexity index is 753. The maximum Gasteiger partial charge on any atom is 0.338 e. The van der Waals surface area contributed by atoms with Crippen LogP contribution in [0.3, 0.4) is 0 Å². The van der Waals surface area contributed by atoms with Crippen LogP contribution in [0.2, 0.25) is 0 Å². The zero-order chi connectivity index (χ0) is 19.3. The number of nitrogens with zero attached hydrogens (tertiary/aromatic N) is 1. The molecule has 0 saturated heterocycles. The number of nitrogens with one attached hydrogen (secondary N) is 1. The van der Waals surface area contributed by atoms with Gasteiger partial charge in [-0.1, -0.05) is 13.0 Å². The van der Waals surface area contributed by atoms with Gasteiger partial charge in [-0.05, 0) is 49.8 Å². The molecule has 0 aromatic heterocycles. The number of carbonyl (C=O) groups is 2. The van der Waals surface area contributed by atoms with E-state index in [1.54, 1.807) is 0 Å². The van der Waals surface area contributed by atoms with Crippen molar-refractivity contribution in [1.82, 2.24) is 9.62 Å². The molecule has 26 heavy (non-hydrogen) atoms. The highest BCUT2D eigenvalue weighted by Gasteiger charge is 2.21. The van der Waals surface area contributed by atoms with Crippen LogP contribution < -0.4 is 5.32 Å². The summed E-state index contributed by atoms with van der Waals surface area (Å²) in [7, 11) is -0.815. The Morgan fingerprint density at radius 3 is 2.46 bits per heavy atom. The first kappa shape index (κ1) is 20.4. The maximum absolute atomic E-state index is 12.1. The van der Waals surface area contributed by atoms with Gasteiger partial charge in [0.25, 0.3) is 5.91 Å². The number of sulfonamides is 1. The topological polar surface area (TPSA) is 92.8 Å². The third-order valence-electron chi connectivity index (χ3n) is 4.56. The van der Waals surface area contributed by atoms with Gasteiger partial charge in [-0.15, -0.1) is 0 Å². The van der Waals surface area contributed by atoms with Crippen molar-refractivity contribution in [2.75, 3.05) is 20.7 Å². The quantitative estimate of drug-likeness (QED) is 0.757. The molecule has 0 spiro atoms. The molecule has 0 radical (unpaired) electrons. The van der Waals surface area contributed by atoms with Crippen molar-refractivity contribution in [1.29, 1.82) is 0 Å². The van der Waals surface area contributed by atoms with Crippen molar-refractivity contribution in [2.45, 2.75) is 43.5 Å². The van der Waals surface area contributed by atoms with Crippen molar-refractivity contribution in [3.05, 3.63) is 29.8 Å². The number of benzene rings is 1. The predicted octanol–water partition coefficient (Wildman–Crippen LogP) is 1.79. The zero-order valence-corrected chi connectivity index (χ0v) is 16.2. The van der Waals surface area contributed by atoms with E-state index in [0.717, 1.165) is 30.0 Å². The Kier molecular flexibility index (Phi) is 6.77. The molecule has 1 saturated carbocycles. The average molecular weight is 382 g/mol. The molecule has 1 aromatic carbocycles. The highest BCUT2D eigenvalue weighted by atomic mass is 32.2. The smallest absolute Gasteiger partial charge is 0.338 e. The summed E-state index contributed by atoms with van der Waals surface area (Å²) in [5.74, 6) is -0.380. The molecule has 0 heterocycles. The molecular weight excluding hydrogens is 356 g/mol. The summed E-state index contributed by atoms with van der Waals surface area (Å²) in [4.78, 5) is 24.1. The number of esters is 1. The molecule has 0 bridgehead atoms. The van der Waals surface area contributed by atoms with Gasteiger partial charge in [0.05, 0.1) is 10.5 Å². The van der Waals surface area contributed by atoms with Crippen LogP contribution in [0.25, 0.3) is 0 Å². The van der Waals surface area contributed by atoms with Gasteiger partial charge in [0.1, 0.15) is 0 Å². The summed E-state index contributed by atoms with van der Waals surface area (Å²) < 4.78 is 30.3. The SMILES string of the molecule is CC1CCC(NC(=O)COC(=O)c2cccc(S(=O)(=O)N(C)C)c2)CC1. The van der Waals surface area contributed by atoms with E-state index in [2.05, 4.69) is 12.2 Å². The Hall–Kier alpha value is -1.93. The molecule has 1 aliphatic carbocycles. The summed E-state index contributed by atoms with van der Waals surface area (Å²) in [6.45, 7) is 1.82. The maximum atomic E-state index is 12.1. The number of ether oxygens (including phenoxy) is 1. The molecule has 0 aliphatic heterocycles. The first-order chi connectivity index (χ1) is 12.2. The van der Waals surface area contributed by atoms with Crippen molar-refractivity contribution < 1.29 is 22.7 Å². The second kappa shape index (κ2) is 8.64. The largest absolute Gasteiger partial charge is 0.452 e. The van der Waals surface area contributed by atoms with Gasteiger partial charge in [0.15, 0.2) is 6.61 Å². The molecule has 1 fully saturated rings. The van der Waals surface area contributed by atoms with E-state index < -0.39 is 16.0 Å². The summed E-state index contributed by atoms with van der Waals surface area (Å²) in [5, 5.41) is 2.88. The van der Waals surface area contributed by atoms with Crippen LogP contribution in [-0.2, 0) is 19.6 Å². The molecule has 1 aliphatic rings. The summed E-state index contributed by atoms with van der Waals surface area (Å²) in [5.41, 5.74) is 0.0900. The van der Waals surface area contributed by atoms with E-state index in [1.807, 2.05) is 0 Å². The van der Waals surface area contributed by atoms with Gasteiger partial charge in [-0.2, -0.15) is 0 Å². The fourth-order valence-corrected chi connectivity index (χ4v) is 3.83. The lowest BCUT2D eigenvalue weighted by molar-refractivity contribution is -0.125. The summed E-state index contributed by atoms with van der Waals surface area (Å²) in [6.07, 6.45) is 4.03. The standard InChI is InChI=1S/C18H26N2O5S/c1-13-7-9-15(10-8-13)19-17(21)12-25-18(22)14-5-4-6-16(11-14)26(23,24)20(2)3/h4-6,11,13,15H,7-10,12H2,1-3H3,(H,19,21). The van der Waals surface area contributed by atoms with E-state index in [-0.39, 0.29) is 29.0 Å². The third-order valence-corrected chi connectivity index (χ3v) is 6.37. The molecule has 1 N–H and O–H groups in total. The lowest BCUT2D eigenvalue weighted by Crippen LogP contribution is -2.39. The fraction of sp³-hybridized carbons (Fsp3) is 0.556. The molecule has 1 aromatic rings. The lowest BCUT2D eigenvalue weighted by Gasteiger charge is -2.26. The van der Waals surface area contributed by atoms with Crippen LogP contribution in [0, 0.1) is 5.92 Å². The molecule has 2 rings (SSSR count). The Balaban J connectivity index is 1.91. The number of amides is 1. The Morgan fingerprint density at radius 1 is 1.19 bits per heavy atom. The van der Waals surface area contributed by atoms with Crippen LogP contribution in [0.15, 0.2) is 29.2 Å². The van der Waals surface area contributed by atoms with E-state index >= 15 is 0 Å². The fourth-order valence-electron chi connectivity index (χ4n) is 2.88. The van der Waals surface area contributed by atoms with Crippen LogP contribution >= 0.6 is 0 Å². The second-order valence-corrected chi connectivity index (χ2v) is 9.07. The van der Waals surface area contributed by atoms with Gasteiger partial charge in [0, 0.05) is 20.1 Å². The zero-order valence-electron chi connectivity index (χ0n) is 15.4. The predicted molar refractivity (Wildman–Crippen MR) is 97.2 cm³/mol. The minimum Gasteiger partial charge on any atom is -0.452 e. The highest BCUT2D eigenvalue weighted by Crippen LogP contribution is 2.23. The first-order valence-electron chi connectivity index (χ1n) is 8.69. The van der Waals surface area contributed by atoms with Gasteiger partial charge in [-0.3, -0.25) is 4.79 Å². The van der Waals surface area contributed by atoms with Crippen molar-refractivity contribution in [3.63, 3.8) is 0 Å².